The van der Waals surface area contributed by atoms with Crippen LogP contribution in [0.5, 0.6) is 11.5 Å². The van der Waals surface area contributed by atoms with E-state index in [4.69, 9.17) is 4.74 Å². The van der Waals surface area contributed by atoms with E-state index in [1.807, 2.05) is 13.0 Å². The maximum absolute atomic E-state index is 11.9. The molecule has 1 saturated carbocycles. The van der Waals surface area contributed by atoms with Gasteiger partial charge in [0.25, 0.3) is 0 Å². The summed E-state index contributed by atoms with van der Waals surface area (Å²) in [6.07, 6.45) is 4.85. The number of hydrogen-bond donors (Lipinski definition) is 2. The van der Waals surface area contributed by atoms with Gasteiger partial charge < -0.3 is 14.9 Å². The van der Waals surface area contributed by atoms with Gasteiger partial charge in [0.05, 0.1) is 11.0 Å². The van der Waals surface area contributed by atoms with Gasteiger partial charge in [-0.3, -0.25) is 4.90 Å². The number of rotatable bonds is 4. The van der Waals surface area contributed by atoms with Gasteiger partial charge in [0.2, 0.25) is 0 Å². The minimum atomic E-state index is -0.908. The summed E-state index contributed by atoms with van der Waals surface area (Å²) in [5.41, 5.74) is 1.86. The van der Waals surface area contributed by atoms with Crippen molar-refractivity contribution in [2.24, 2.45) is 5.92 Å². The first kappa shape index (κ1) is 16.6. The van der Waals surface area contributed by atoms with Crippen LogP contribution in [0, 0.1) is 5.92 Å². The smallest absolute Gasteiger partial charge is 0.166 e. The fraction of sp³-hybridized carbons (Fsp3) is 0.636. The molecule has 4 aliphatic rings. The molecule has 4 atom stereocenters. The van der Waals surface area contributed by atoms with Crippen LogP contribution in [0.2, 0.25) is 0 Å². The topological polar surface area (TPSA) is 52.9 Å². The van der Waals surface area contributed by atoms with Crippen LogP contribution < -0.4 is 4.74 Å². The Morgan fingerprint density at radius 3 is 2.85 bits per heavy atom. The molecule has 5 rings (SSSR count). The average molecular weight is 355 g/mol. The number of piperidine rings is 1. The van der Waals surface area contributed by atoms with Crippen molar-refractivity contribution in [3.8, 4) is 11.5 Å². The van der Waals surface area contributed by atoms with Crippen LogP contribution in [0.4, 0.5) is 0 Å². The van der Waals surface area contributed by atoms with E-state index in [9.17, 15) is 10.2 Å². The number of nitrogens with zero attached hydrogens (tertiary/aromatic N) is 1. The Hall–Kier alpha value is -1.52. The van der Waals surface area contributed by atoms with E-state index in [2.05, 4.69) is 18.4 Å². The fourth-order valence-electron chi connectivity index (χ4n) is 5.90. The number of ether oxygens (including phenoxy) is 1. The van der Waals surface area contributed by atoms with Crippen LogP contribution in [-0.4, -0.2) is 45.9 Å². The zero-order valence-electron chi connectivity index (χ0n) is 15.8. The summed E-state index contributed by atoms with van der Waals surface area (Å²) < 4.78 is 6.33. The lowest BCUT2D eigenvalue weighted by atomic mass is 9.52. The van der Waals surface area contributed by atoms with E-state index in [0.717, 1.165) is 49.4 Å². The number of phenols is 1. The molecule has 26 heavy (non-hydrogen) atoms. The normalized spacial score (nSPS) is 38.0. The minimum absolute atomic E-state index is 0.0931. The third-order valence-corrected chi connectivity index (χ3v) is 7.57. The summed E-state index contributed by atoms with van der Waals surface area (Å²) in [6.45, 7) is 10.4. The summed E-state index contributed by atoms with van der Waals surface area (Å²) in [5, 5.41) is 22.4. The molecule has 140 valence electrons. The van der Waals surface area contributed by atoms with Gasteiger partial charge in [-0.1, -0.05) is 19.6 Å². The Balaban J connectivity index is 1.69. The van der Waals surface area contributed by atoms with Crippen LogP contribution in [0.25, 0.3) is 0 Å². The zero-order valence-corrected chi connectivity index (χ0v) is 15.8. The number of aliphatic hydroxyl groups is 1. The molecule has 4 nitrogen and oxygen atoms in total. The third kappa shape index (κ3) is 1.92. The van der Waals surface area contributed by atoms with Crippen molar-refractivity contribution in [3.05, 3.63) is 35.4 Å². The lowest BCUT2D eigenvalue weighted by molar-refractivity contribution is -0.149. The molecular formula is C22H29NO3. The lowest BCUT2D eigenvalue weighted by Gasteiger charge is -2.60. The van der Waals surface area contributed by atoms with Gasteiger partial charge in [-0.15, -0.1) is 0 Å². The van der Waals surface area contributed by atoms with Crippen molar-refractivity contribution < 1.29 is 14.9 Å². The molecule has 4 heteroatoms. The second-order valence-electron chi connectivity index (χ2n) is 8.98. The molecule has 2 N–H and O–H groups in total. The van der Waals surface area contributed by atoms with Gasteiger partial charge in [-0.2, -0.15) is 0 Å². The van der Waals surface area contributed by atoms with Gasteiger partial charge in [0, 0.05) is 18.2 Å². The van der Waals surface area contributed by atoms with Crippen LogP contribution in [0.3, 0.4) is 0 Å². The number of fused-ring (bicyclic) bond motifs is 1. The van der Waals surface area contributed by atoms with Gasteiger partial charge in [-0.05, 0) is 68.7 Å². The maximum Gasteiger partial charge on any atom is 0.166 e. The second kappa shape index (κ2) is 5.26. The summed E-state index contributed by atoms with van der Waals surface area (Å²) >= 11 is 0. The van der Waals surface area contributed by atoms with Gasteiger partial charge in [0.1, 0.15) is 6.10 Å². The summed E-state index contributed by atoms with van der Waals surface area (Å²) in [4.78, 5) is 2.52. The maximum atomic E-state index is 11.9. The van der Waals surface area contributed by atoms with Gasteiger partial charge >= 0.3 is 0 Å². The molecule has 2 bridgehead atoms. The predicted octanol–water partition coefficient (Wildman–Crippen LogP) is 3.15. The average Bonchev–Trinajstić information content (AvgIpc) is 3.34. The van der Waals surface area contributed by atoms with Crippen LogP contribution >= 0.6 is 0 Å². The largest absolute Gasteiger partial charge is 0.504 e. The van der Waals surface area contributed by atoms with Crippen molar-refractivity contribution in [2.75, 3.05) is 13.1 Å². The fourth-order valence-corrected chi connectivity index (χ4v) is 5.90. The number of aromatic hydroxyl groups is 1. The summed E-state index contributed by atoms with van der Waals surface area (Å²) in [6, 6.07) is 3.88. The number of hydrogen-bond acceptors (Lipinski definition) is 4. The molecule has 1 aromatic carbocycles. The monoisotopic (exact) mass is 355 g/mol. The highest BCUT2D eigenvalue weighted by molar-refractivity contribution is 5.62. The molecule has 0 radical (unpaired) electrons. The SMILES string of the molecule is C=C(CC)[C@@H]1Oc2c(O)ccc3c2[C@@]12CCN(CC1CC1)[C@H](C3)[C@@]2(C)O. The van der Waals surface area contributed by atoms with Crippen LogP contribution in [0.15, 0.2) is 24.3 Å². The molecule has 0 aromatic heterocycles. The first-order valence-corrected chi connectivity index (χ1v) is 10.1. The van der Waals surface area contributed by atoms with Crippen molar-refractivity contribution >= 4 is 0 Å². The summed E-state index contributed by atoms with van der Waals surface area (Å²) in [7, 11) is 0. The van der Waals surface area contributed by atoms with Crippen molar-refractivity contribution in [1.82, 2.24) is 4.90 Å². The van der Waals surface area contributed by atoms with E-state index < -0.39 is 11.0 Å². The third-order valence-electron chi connectivity index (χ3n) is 7.57. The quantitative estimate of drug-likeness (QED) is 0.815. The minimum Gasteiger partial charge on any atom is -0.504 e. The van der Waals surface area contributed by atoms with Crippen LogP contribution in [-0.2, 0) is 11.8 Å². The summed E-state index contributed by atoms with van der Waals surface area (Å²) in [5.74, 6) is 1.57. The highest BCUT2D eigenvalue weighted by Crippen LogP contribution is 2.63. The highest BCUT2D eigenvalue weighted by atomic mass is 16.5. The van der Waals surface area contributed by atoms with Gasteiger partial charge in [0.15, 0.2) is 11.5 Å². The molecule has 2 aliphatic heterocycles. The predicted molar refractivity (Wildman–Crippen MR) is 101 cm³/mol. The second-order valence-corrected chi connectivity index (χ2v) is 8.98. The molecule has 2 aliphatic carbocycles. The van der Waals surface area contributed by atoms with Crippen molar-refractivity contribution in [1.29, 1.82) is 0 Å². The first-order chi connectivity index (χ1) is 12.4. The van der Waals surface area contributed by atoms with E-state index in [1.54, 1.807) is 6.07 Å². The van der Waals surface area contributed by atoms with E-state index in [1.165, 1.54) is 18.4 Å². The Bertz CT molecular complexity index is 782. The molecular weight excluding hydrogens is 326 g/mol. The van der Waals surface area contributed by atoms with E-state index in [-0.39, 0.29) is 17.9 Å². The number of benzene rings is 1. The Kier molecular flexibility index (Phi) is 3.37. The number of phenolic OH excluding ortho intramolecular Hbond substituents is 1. The molecule has 1 spiro atoms. The number of likely N-dealkylation sites (tertiary alicyclic amines) is 1. The molecule has 1 aromatic rings. The molecule has 2 fully saturated rings. The van der Waals surface area contributed by atoms with Crippen LogP contribution in [0.1, 0.15) is 50.7 Å². The molecule has 2 heterocycles. The molecule has 0 unspecified atom stereocenters. The zero-order chi connectivity index (χ0) is 18.3. The Morgan fingerprint density at radius 2 is 2.15 bits per heavy atom. The Morgan fingerprint density at radius 1 is 1.38 bits per heavy atom. The van der Waals surface area contributed by atoms with E-state index in [0.29, 0.717) is 5.75 Å². The molecule has 0 amide bonds. The standard InChI is InChI=1S/C22H29NO3/c1-4-13(2)20-22-9-10-23(12-14-5-6-14)17(21(22,3)25)11-15-7-8-16(24)19(26-20)18(15)22/h7-8,14,17,20,24-25H,2,4-6,9-12H2,1,3H3/t17-,20+,21-,22+/m1/s1. The van der Waals surface area contributed by atoms with Crippen molar-refractivity contribution in [2.45, 2.75) is 69.1 Å². The van der Waals surface area contributed by atoms with E-state index >= 15 is 0 Å². The lowest BCUT2D eigenvalue weighted by Crippen LogP contribution is -2.73. The highest BCUT2D eigenvalue weighted by Gasteiger charge is 2.68. The first-order valence-electron chi connectivity index (χ1n) is 10.1. The van der Waals surface area contributed by atoms with Crippen molar-refractivity contribution in [3.63, 3.8) is 0 Å². The van der Waals surface area contributed by atoms with Gasteiger partial charge in [-0.25, -0.2) is 0 Å². The molecule has 1 saturated heterocycles. The Labute approximate surface area is 155 Å².